The fourth-order valence-electron chi connectivity index (χ4n) is 3.84. The van der Waals surface area contributed by atoms with Crippen LogP contribution in [0.5, 0.6) is 0 Å². The third kappa shape index (κ3) is 2.67. The van der Waals surface area contributed by atoms with E-state index in [2.05, 4.69) is 10.2 Å². The van der Waals surface area contributed by atoms with Crippen molar-refractivity contribution in [1.82, 2.24) is 10.2 Å². The Kier molecular flexibility index (Phi) is 3.69. The van der Waals surface area contributed by atoms with Crippen LogP contribution in [0.25, 0.3) is 0 Å². The smallest absolute Gasteiger partial charge is 0.0471 e. The summed E-state index contributed by atoms with van der Waals surface area (Å²) in [4.78, 5) is 2.77. The van der Waals surface area contributed by atoms with Crippen LogP contribution < -0.4 is 5.32 Å². The first-order valence-corrected chi connectivity index (χ1v) is 7.41. The Labute approximate surface area is 105 Å². The number of likely N-dealkylation sites (tertiary alicyclic amines) is 1. The van der Waals surface area contributed by atoms with Crippen LogP contribution in [0, 0.1) is 5.41 Å². The van der Waals surface area contributed by atoms with E-state index in [9.17, 15) is 0 Å². The normalized spacial score (nSPS) is 31.8. The van der Waals surface area contributed by atoms with Gasteiger partial charge in [0, 0.05) is 19.3 Å². The standard InChI is InChI=1S/C14H26N2O/c1-7-15-8-2-13(1)16-9-3-14(4-10-16)5-11-17-12-6-14/h13,15H,1-12H2. The number of ether oxygens (including phenoxy) is 1. The second-order valence-corrected chi connectivity index (χ2v) is 6.13. The second-order valence-electron chi connectivity index (χ2n) is 6.13. The summed E-state index contributed by atoms with van der Waals surface area (Å²) in [6.45, 7) is 7.14. The molecule has 0 aromatic heterocycles. The summed E-state index contributed by atoms with van der Waals surface area (Å²) >= 11 is 0. The number of nitrogens with zero attached hydrogens (tertiary/aromatic N) is 1. The highest BCUT2D eigenvalue weighted by Gasteiger charge is 2.37. The van der Waals surface area contributed by atoms with Crippen LogP contribution in [-0.2, 0) is 4.74 Å². The van der Waals surface area contributed by atoms with Gasteiger partial charge in [-0.25, -0.2) is 0 Å². The number of rotatable bonds is 1. The molecule has 3 saturated heterocycles. The second kappa shape index (κ2) is 5.25. The third-order valence-corrected chi connectivity index (χ3v) is 5.24. The van der Waals surface area contributed by atoms with Crippen molar-refractivity contribution in [2.24, 2.45) is 5.41 Å². The van der Waals surface area contributed by atoms with Gasteiger partial charge in [-0.05, 0) is 70.1 Å². The Morgan fingerprint density at radius 2 is 1.59 bits per heavy atom. The van der Waals surface area contributed by atoms with E-state index in [0.717, 1.165) is 19.3 Å². The highest BCUT2D eigenvalue weighted by molar-refractivity contribution is 4.90. The van der Waals surface area contributed by atoms with Gasteiger partial charge in [0.05, 0.1) is 0 Å². The third-order valence-electron chi connectivity index (χ3n) is 5.24. The van der Waals surface area contributed by atoms with E-state index in [1.54, 1.807) is 0 Å². The fourth-order valence-corrected chi connectivity index (χ4v) is 3.84. The van der Waals surface area contributed by atoms with E-state index >= 15 is 0 Å². The zero-order chi connectivity index (χ0) is 11.6. The molecule has 17 heavy (non-hydrogen) atoms. The number of piperidine rings is 2. The molecule has 3 heterocycles. The molecule has 1 spiro atoms. The van der Waals surface area contributed by atoms with E-state index in [1.807, 2.05) is 0 Å². The molecule has 3 aliphatic rings. The Bertz CT molecular complexity index is 235. The van der Waals surface area contributed by atoms with Gasteiger partial charge in [0.15, 0.2) is 0 Å². The maximum atomic E-state index is 5.52. The average molecular weight is 238 g/mol. The lowest BCUT2D eigenvalue weighted by molar-refractivity contribution is -0.0298. The SMILES string of the molecule is C1CC(N2CCC3(CCOCC3)CC2)CCN1. The minimum absolute atomic E-state index is 0.654. The van der Waals surface area contributed by atoms with Gasteiger partial charge in [0.1, 0.15) is 0 Å². The number of hydrogen-bond donors (Lipinski definition) is 1. The molecular weight excluding hydrogens is 212 g/mol. The quantitative estimate of drug-likeness (QED) is 0.751. The van der Waals surface area contributed by atoms with Gasteiger partial charge in [-0.1, -0.05) is 0 Å². The molecule has 0 bridgehead atoms. The molecule has 3 nitrogen and oxygen atoms in total. The summed E-state index contributed by atoms with van der Waals surface area (Å²) in [6, 6.07) is 0.869. The topological polar surface area (TPSA) is 24.5 Å². The van der Waals surface area contributed by atoms with Crippen molar-refractivity contribution in [3.63, 3.8) is 0 Å². The van der Waals surface area contributed by atoms with Gasteiger partial charge >= 0.3 is 0 Å². The fraction of sp³-hybridized carbons (Fsp3) is 1.00. The predicted octanol–water partition coefficient (Wildman–Crippen LogP) is 1.63. The lowest BCUT2D eigenvalue weighted by atomic mass is 9.72. The van der Waals surface area contributed by atoms with Crippen LogP contribution in [0.4, 0.5) is 0 Å². The van der Waals surface area contributed by atoms with E-state index < -0.39 is 0 Å². The summed E-state index contributed by atoms with van der Waals surface area (Å²) in [5, 5.41) is 3.47. The minimum atomic E-state index is 0.654. The highest BCUT2D eigenvalue weighted by Crippen LogP contribution is 2.41. The molecule has 0 atom stereocenters. The Balaban J connectivity index is 1.52. The number of nitrogens with one attached hydrogen (secondary N) is 1. The van der Waals surface area contributed by atoms with Crippen LogP contribution in [0.1, 0.15) is 38.5 Å². The van der Waals surface area contributed by atoms with Gasteiger partial charge in [0.25, 0.3) is 0 Å². The molecule has 0 aromatic carbocycles. The summed E-state index contributed by atoms with van der Waals surface area (Å²) in [6.07, 6.45) is 8.17. The summed E-state index contributed by atoms with van der Waals surface area (Å²) in [7, 11) is 0. The van der Waals surface area contributed by atoms with E-state index in [4.69, 9.17) is 4.74 Å². The monoisotopic (exact) mass is 238 g/mol. The minimum Gasteiger partial charge on any atom is -0.381 e. The van der Waals surface area contributed by atoms with E-state index in [-0.39, 0.29) is 0 Å². The van der Waals surface area contributed by atoms with Crippen LogP contribution in [0.15, 0.2) is 0 Å². The summed E-state index contributed by atoms with van der Waals surface area (Å²) < 4.78 is 5.52. The zero-order valence-corrected chi connectivity index (χ0v) is 10.9. The van der Waals surface area contributed by atoms with Gasteiger partial charge in [-0.15, -0.1) is 0 Å². The van der Waals surface area contributed by atoms with Crippen molar-refractivity contribution in [2.45, 2.75) is 44.6 Å². The van der Waals surface area contributed by atoms with Crippen LogP contribution in [0.3, 0.4) is 0 Å². The maximum absolute atomic E-state index is 5.52. The highest BCUT2D eigenvalue weighted by atomic mass is 16.5. The molecule has 0 unspecified atom stereocenters. The number of hydrogen-bond acceptors (Lipinski definition) is 3. The van der Waals surface area contributed by atoms with Crippen molar-refractivity contribution in [3.05, 3.63) is 0 Å². The van der Waals surface area contributed by atoms with Crippen LogP contribution in [-0.4, -0.2) is 50.3 Å². The Morgan fingerprint density at radius 1 is 0.941 bits per heavy atom. The van der Waals surface area contributed by atoms with Gasteiger partial charge < -0.3 is 15.0 Å². The molecular formula is C14H26N2O. The van der Waals surface area contributed by atoms with Crippen molar-refractivity contribution in [3.8, 4) is 0 Å². The average Bonchev–Trinajstić information content (AvgIpc) is 2.42. The lowest BCUT2D eigenvalue weighted by Crippen LogP contribution is -2.49. The largest absolute Gasteiger partial charge is 0.381 e. The summed E-state index contributed by atoms with van der Waals surface area (Å²) in [5.74, 6) is 0. The first-order chi connectivity index (χ1) is 8.38. The molecule has 3 fully saturated rings. The molecule has 0 radical (unpaired) electrons. The maximum Gasteiger partial charge on any atom is 0.0471 e. The Morgan fingerprint density at radius 3 is 2.24 bits per heavy atom. The predicted molar refractivity (Wildman–Crippen MR) is 69.2 cm³/mol. The van der Waals surface area contributed by atoms with Crippen molar-refractivity contribution >= 4 is 0 Å². The molecule has 3 heteroatoms. The molecule has 1 N–H and O–H groups in total. The molecule has 98 valence electrons. The van der Waals surface area contributed by atoms with Gasteiger partial charge in [-0.2, -0.15) is 0 Å². The lowest BCUT2D eigenvalue weighted by Gasteiger charge is -2.47. The van der Waals surface area contributed by atoms with Crippen molar-refractivity contribution < 1.29 is 4.74 Å². The molecule has 0 saturated carbocycles. The van der Waals surface area contributed by atoms with Gasteiger partial charge in [-0.3, -0.25) is 0 Å². The molecule has 0 aliphatic carbocycles. The zero-order valence-electron chi connectivity index (χ0n) is 10.9. The first-order valence-electron chi connectivity index (χ1n) is 7.41. The van der Waals surface area contributed by atoms with E-state index in [0.29, 0.717) is 5.41 Å². The van der Waals surface area contributed by atoms with E-state index in [1.165, 1.54) is 64.7 Å². The molecule has 3 rings (SSSR count). The van der Waals surface area contributed by atoms with Crippen molar-refractivity contribution in [1.29, 1.82) is 0 Å². The van der Waals surface area contributed by atoms with Crippen molar-refractivity contribution in [2.75, 3.05) is 39.4 Å². The van der Waals surface area contributed by atoms with Crippen LogP contribution in [0.2, 0.25) is 0 Å². The van der Waals surface area contributed by atoms with Crippen LogP contribution >= 0.6 is 0 Å². The molecule has 3 aliphatic heterocycles. The first kappa shape index (κ1) is 11.9. The van der Waals surface area contributed by atoms with Gasteiger partial charge in [0.2, 0.25) is 0 Å². The summed E-state index contributed by atoms with van der Waals surface area (Å²) in [5.41, 5.74) is 0.654. The molecule has 0 aromatic rings. The Hall–Kier alpha value is -0.120. The molecule has 0 amide bonds.